The average Bonchev–Trinajstić information content (AvgIpc) is 3.23. The Hall–Kier alpha value is -2.77. The van der Waals surface area contributed by atoms with Gasteiger partial charge in [0, 0.05) is 35.5 Å². The second-order valence-electron chi connectivity index (χ2n) is 13.6. The third kappa shape index (κ3) is 4.69. The maximum atomic E-state index is 13.5. The number of allylic oxidation sites excluding steroid dienone is 4. The van der Waals surface area contributed by atoms with E-state index in [1.165, 1.54) is 19.3 Å². The molecule has 5 aliphatic rings. The van der Waals surface area contributed by atoms with Crippen LogP contribution >= 0.6 is 0 Å². The number of hydrogen-bond donors (Lipinski definition) is 2. The number of anilines is 1. The summed E-state index contributed by atoms with van der Waals surface area (Å²) in [5, 5.41) is 23.4. The molecule has 3 saturated carbocycles. The number of ether oxygens (including phenoxy) is 1. The maximum absolute atomic E-state index is 13.5. The highest BCUT2D eigenvalue weighted by Crippen LogP contribution is 2.67. The van der Waals surface area contributed by atoms with Crippen molar-refractivity contribution in [3.63, 3.8) is 0 Å². The van der Waals surface area contributed by atoms with Crippen LogP contribution in [0.25, 0.3) is 0 Å². The van der Waals surface area contributed by atoms with Crippen LogP contribution in [0.2, 0.25) is 0 Å². The molecule has 7 nitrogen and oxygen atoms in total. The highest BCUT2D eigenvalue weighted by Gasteiger charge is 2.68. The molecule has 5 unspecified atom stereocenters. The predicted octanol–water partition coefficient (Wildman–Crippen LogP) is 4.34. The van der Waals surface area contributed by atoms with Crippen molar-refractivity contribution >= 4 is 23.2 Å². The molecule has 6 rings (SSSR count). The lowest BCUT2D eigenvalue weighted by molar-refractivity contribution is -0.181. The van der Waals surface area contributed by atoms with Gasteiger partial charge >= 0.3 is 5.97 Å². The van der Waals surface area contributed by atoms with Crippen molar-refractivity contribution in [2.24, 2.45) is 28.6 Å². The third-order valence-electron chi connectivity index (χ3n) is 11.5. The fourth-order valence-corrected chi connectivity index (χ4v) is 9.25. The van der Waals surface area contributed by atoms with Crippen LogP contribution < -0.4 is 4.90 Å². The van der Waals surface area contributed by atoms with Gasteiger partial charge in [-0.15, -0.1) is 0 Å². The monoisotopic (exact) mass is 561 g/mol. The van der Waals surface area contributed by atoms with Crippen LogP contribution in [0.3, 0.4) is 0 Å². The fraction of sp³-hybridized carbons (Fsp3) is 0.618. The van der Waals surface area contributed by atoms with Gasteiger partial charge in [0.25, 0.3) is 0 Å². The number of ketones is 2. The molecule has 4 aliphatic carbocycles. The first-order valence-electron chi connectivity index (χ1n) is 15.4. The highest BCUT2D eigenvalue weighted by atomic mass is 16.5. The van der Waals surface area contributed by atoms with E-state index in [4.69, 9.17) is 4.74 Å². The third-order valence-corrected chi connectivity index (χ3v) is 11.5. The molecule has 0 aromatic heterocycles. The van der Waals surface area contributed by atoms with Gasteiger partial charge in [0.2, 0.25) is 5.78 Å². The highest BCUT2D eigenvalue weighted by molar-refractivity contribution is 6.01. The first-order chi connectivity index (χ1) is 19.5. The lowest BCUT2D eigenvalue weighted by atomic mass is 9.46. The number of carbonyl (C=O) groups is 3. The summed E-state index contributed by atoms with van der Waals surface area (Å²) in [5.74, 6) is -0.858. The van der Waals surface area contributed by atoms with Crippen molar-refractivity contribution < 1.29 is 29.3 Å². The van der Waals surface area contributed by atoms with E-state index >= 15 is 0 Å². The van der Waals surface area contributed by atoms with Crippen molar-refractivity contribution in [2.75, 3.05) is 24.6 Å². The number of carbonyl (C=O) groups excluding carboxylic acids is 3. The van der Waals surface area contributed by atoms with E-state index in [2.05, 4.69) is 11.8 Å². The number of fused-ring (bicyclic) bond motifs is 5. The number of aliphatic hydroxyl groups is 2. The van der Waals surface area contributed by atoms with Gasteiger partial charge in [-0.3, -0.25) is 14.4 Å². The Kier molecular flexibility index (Phi) is 7.26. The van der Waals surface area contributed by atoms with Gasteiger partial charge in [-0.1, -0.05) is 37.6 Å². The van der Waals surface area contributed by atoms with E-state index in [1.54, 1.807) is 12.2 Å². The Labute approximate surface area is 242 Å². The second kappa shape index (κ2) is 10.5. The summed E-state index contributed by atoms with van der Waals surface area (Å²) in [5.41, 5.74) is 0.194. The number of esters is 1. The molecule has 0 bridgehead atoms. The first kappa shape index (κ1) is 28.4. The van der Waals surface area contributed by atoms with Gasteiger partial charge < -0.3 is 19.8 Å². The van der Waals surface area contributed by atoms with Crippen LogP contribution in [0.1, 0.15) is 70.8 Å². The number of rotatable bonds is 6. The van der Waals surface area contributed by atoms with Crippen molar-refractivity contribution in [1.82, 2.24) is 0 Å². The lowest BCUT2D eigenvalue weighted by Crippen LogP contribution is -2.61. The topological polar surface area (TPSA) is 104 Å². The zero-order valence-electron chi connectivity index (χ0n) is 24.3. The summed E-state index contributed by atoms with van der Waals surface area (Å²) >= 11 is 0. The van der Waals surface area contributed by atoms with Crippen LogP contribution in [0.4, 0.5) is 5.69 Å². The summed E-state index contributed by atoms with van der Waals surface area (Å²) in [6.07, 6.45) is 11.2. The molecule has 0 amide bonds. The fourth-order valence-electron chi connectivity index (χ4n) is 9.25. The van der Waals surface area contributed by atoms with Crippen LogP contribution in [0.5, 0.6) is 0 Å². The molecule has 41 heavy (non-hydrogen) atoms. The maximum Gasteiger partial charge on any atom is 0.310 e. The Morgan fingerprint density at radius 1 is 1.07 bits per heavy atom. The van der Waals surface area contributed by atoms with E-state index in [1.807, 2.05) is 37.3 Å². The molecule has 220 valence electrons. The van der Waals surface area contributed by atoms with E-state index in [9.17, 15) is 24.6 Å². The Morgan fingerprint density at radius 2 is 1.80 bits per heavy atom. The second-order valence-corrected chi connectivity index (χ2v) is 13.6. The Bertz CT molecular complexity index is 1280. The molecule has 1 aliphatic heterocycles. The van der Waals surface area contributed by atoms with E-state index < -0.39 is 40.9 Å². The Morgan fingerprint density at radius 3 is 2.54 bits per heavy atom. The Balaban J connectivity index is 1.10. The molecule has 2 N–H and O–H groups in total. The van der Waals surface area contributed by atoms with Crippen LogP contribution in [-0.2, 0) is 25.5 Å². The molecule has 1 aromatic rings. The summed E-state index contributed by atoms with van der Waals surface area (Å²) in [6.45, 7) is 5.68. The van der Waals surface area contributed by atoms with Crippen LogP contribution in [0, 0.1) is 28.6 Å². The molecule has 0 radical (unpaired) electrons. The van der Waals surface area contributed by atoms with Crippen molar-refractivity contribution in [1.29, 1.82) is 0 Å². The number of aliphatic hydroxyl groups excluding tert-OH is 1. The average molecular weight is 562 g/mol. The molecule has 4 fully saturated rings. The van der Waals surface area contributed by atoms with Crippen LogP contribution in [0.15, 0.2) is 48.1 Å². The summed E-state index contributed by atoms with van der Waals surface area (Å²) < 4.78 is 5.42. The van der Waals surface area contributed by atoms with E-state index in [0.29, 0.717) is 19.3 Å². The molecular formula is C34H43NO6. The van der Waals surface area contributed by atoms with E-state index in [-0.39, 0.29) is 30.0 Å². The van der Waals surface area contributed by atoms with Gasteiger partial charge in [-0.25, -0.2) is 0 Å². The molecule has 1 heterocycles. The minimum atomic E-state index is -1.66. The lowest BCUT2D eigenvalue weighted by Gasteiger charge is -2.59. The first-order valence-corrected chi connectivity index (χ1v) is 15.4. The van der Waals surface area contributed by atoms with Gasteiger partial charge in [-0.05, 0) is 93.1 Å². The molecule has 1 saturated heterocycles. The largest absolute Gasteiger partial charge is 0.457 e. The number of Topliss-reactive ketones (excluding diaryl/α,β-unsaturated/α-hetero) is 1. The van der Waals surface area contributed by atoms with Crippen LogP contribution in [-0.4, -0.2) is 59.2 Å². The molecule has 1 aromatic carbocycles. The van der Waals surface area contributed by atoms with E-state index in [0.717, 1.165) is 42.8 Å². The molecule has 7 heteroatoms. The normalized spacial score (nSPS) is 38.0. The van der Waals surface area contributed by atoms with Crippen molar-refractivity contribution in [3.05, 3.63) is 53.6 Å². The molecular weight excluding hydrogens is 518 g/mol. The minimum Gasteiger partial charge on any atom is -0.457 e. The summed E-state index contributed by atoms with van der Waals surface area (Å²) in [6, 6.07) is 7.94. The number of piperidine rings is 1. The number of hydrogen-bond acceptors (Lipinski definition) is 7. The number of nitrogens with zero attached hydrogens (tertiary/aromatic N) is 1. The van der Waals surface area contributed by atoms with Gasteiger partial charge in [0.05, 0.1) is 12.5 Å². The summed E-state index contributed by atoms with van der Waals surface area (Å²) in [4.78, 5) is 40.6. The molecule has 7 atom stereocenters. The van der Waals surface area contributed by atoms with Gasteiger partial charge in [-0.2, -0.15) is 0 Å². The summed E-state index contributed by atoms with van der Waals surface area (Å²) in [7, 11) is 0. The van der Waals surface area contributed by atoms with Crippen molar-refractivity contribution in [3.8, 4) is 0 Å². The quantitative estimate of drug-likeness (QED) is 0.498. The number of benzene rings is 1. The zero-order valence-corrected chi connectivity index (χ0v) is 24.3. The van der Waals surface area contributed by atoms with Gasteiger partial charge in [0.1, 0.15) is 5.60 Å². The predicted molar refractivity (Wildman–Crippen MR) is 155 cm³/mol. The van der Waals surface area contributed by atoms with Gasteiger partial charge in [0.15, 0.2) is 12.4 Å². The van der Waals surface area contributed by atoms with Crippen molar-refractivity contribution in [2.45, 2.75) is 83.3 Å². The standard InChI is InChI=1S/C34H43NO6/c1-32-14-12-25(36)19-23(32)8-11-26-27-13-15-34(40,33(27,2)20-28(37)31(26)32)29(38)21-41-30(39)18-22-6-9-24(10-7-22)35-16-4-3-5-17-35/h6-7,9-10,12,14,19,26-28,31,37,40H,3-5,8,11,13,15-18,20-21H2,1-2H3/t26?,27?,28-,31?,32?,33?,34-/m0/s1. The SMILES string of the molecule is CC12C=CC(=O)C=C1CCC1C2[C@@H](O)CC2(C)C1CC[C@]2(O)C(=O)COC(=O)Cc1ccc(N2CCCCC2)cc1. The zero-order chi connectivity index (χ0) is 29.0. The smallest absolute Gasteiger partial charge is 0.310 e. The molecule has 0 spiro atoms. The minimum absolute atomic E-state index is 0.00378.